The molecule has 19 heavy (non-hydrogen) atoms. The summed E-state index contributed by atoms with van der Waals surface area (Å²) in [7, 11) is 0. The van der Waals surface area contributed by atoms with Gasteiger partial charge in [0.1, 0.15) is 5.75 Å². The predicted octanol–water partition coefficient (Wildman–Crippen LogP) is 4.57. The Labute approximate surface area is 121 Å². The average Bonchev–Trinajstić information content (AvgIpc) is 2.81. The van der Waals surface area contributed by atoms with Crippen LogP contribution in [0.25, 0.3) is 0 Å². The first kappa shape index (κ1) is 13.8. The van der Waals surface area contributed by atoms with E-state index >= 15 is 0 Å². The molecule has 0 aliphatic carbocycles. The summed E-state index contributed by atoms with van der Waals surface area (Å²) in [4.78, 5) is 21.3. The second-order valence-electron chi connectivity index (χ2n) is 3.40. The van der Waals surface area contributed by atoms with Crippen molar-refractivity contribution in [3.8, 4) is 11.5 Å². The number of nitro benzene ring substituents is 1. The van der Waals surface area contributed by atoms with Crippen LogP contribution in [-0.2, 0) is 0 Å². The molecule has 0 aliphatic heterocycles. The summed E-state index contributed by atoms with van der Waals surface area (Å²) in [6.07, 6.45) is 0.667. The highest BCUT2D eigenvalue weighted by molar-refractivity contribution is 7.11. The van der Waals surface area contributed by atoms with Gasteiger partial charge >= 0.3 is 5.69 Å². The van der Waals surface area contributed by atoms with Crippen molar-refractivity contribution in [2.45, 2.75) is 0 Å². The molecule has 1 aromatic carbocycles. The molecular formula is C11H5Cl2NO4S. The molecular weight excluding hydrogens is 313 g/mol. The lowest BCUT2D eigenvalue weighted by molar-refractivity contribution is -0.385. The largest absolute Gasteiger partial charge is 0.449 e. The number of carbonyl (C=O) groups is 1. The molecule has 1 aromatic heterocycles. The summed E-state index contributed by atoms with van der Waals surface area (Å²) in [5.41, 5.74) is -0.298. The van der Waals surface area contributed by atoms with Crippen LogP contribution in [-0.4, -0.2) is 11.2 Å². The molecule has 1 heterocycles. The first-order valence-corrected chi connectivity index (χ1v) is 6.50. The van der Waals surface area contributed by atoms with E-state index in [9.17, 15) is 14.9 Å². The van der Waals surface area contributed by atoms with Crippen molar-refractivity contribution in [2.75, 3.05) is 0 Å². The van der Waals surface area contributed by atoms with Crippen LogP contribution in [0.3, 0.4) is 0 Å². The number of thiophene rings is 1. The second-order valence-corrected chi connectivity index (χ2v) is 5.15. The molecule has 0 amide bonds. The van der Waals surface area contributed by atoms with Crippen LogP contribution in [0.5, 0.6) is 11.5 Å². The van der Waals surface area contributed by atoms with Crippen LogP contribution < -0.4 is 4.74 Å². The minimum atomic E-state index is -0.620. The Balaban J connectivity index is 2.40. The number of hydrogen-bond donors (Lipinski definition) is 0. The SMILES string of the molecule is O=Cc1cc(Oc2cc(Cl)c(Cl)cc2[N+](=O)[O-])cs1. The Morgan fingerprint density at radius 2 is 1.95 bits per heavy atom. The maximum atomic E-state index is 10.9. The number of benzene rings is 1. The minimum absolute atomic E-state index is 0.0327. The highest BCUT2D eigenvalue weighted by atomic mass is 35.5. The molecule has 0 N–H and O–H groups in total. The number of halogens is 2. The fourth-order valence-electron chi connectivity index (χ4n) is 1.32. The molecule has 0 saturated heterocycles. The summed E-state index contributed by atoms with van der Waals surface area (Å²) in [5, 5.41) is 12.7. The van der Waals surface area contributed by atoms with E-state index in [1.165, 1.54) is 23.5 Å². The van der Waals surface area contributed by atoms with E-state index in [0.717, 1.165) is 6.07 Å². The Morgan fingerprint density at radius 1 is 1.26 bits per heavy atom. The van der Waals surface area contributed by atoms with Crippen molar-refractivity contribution in [1.29, 1.82) is 0 Å². The molecule has 0 saturated carbocycles. The zero-order chi connectivity index (χ0) is 14.0. The fraction of sp³-hybridized carbons (Fsp3) is 0. The summed E-state index contributed by atoms with van der Waals surface area (Å²) in [6.45, 7) is 0. The van der Waals surface area contributed by atoms with E-state index in [0.29, 0.717) is 16.9 Å². The third kappa shape index (κ3) is 3.04. The lowest BCUT2D eigenvalue weighted by atomic mass is 10.3. The first-order chi connectivity index (χ1) is 9.01. The van der Waals surface area contributed by atoms with E-state index in [-0.39, 0.29) is 21.5 Å². The highest BCUT2D eigenvalue weighted by Gasteiger charge is 2.19. The summed E-state index contributed by atoms with van der Waals surface area (Å²) in [5.74, 6) is 0.295. The molecule has 0 spiro atoms. The van der Waals surface area contributed by atoms with Gasteiger partial charge in [0.15, 0.2) is 6.29 Å². The zero-order valence-electron chi connectivity index (χ0n) is 9.13. The molecule has 0 atom stereocenters. The summed E-state index contributed by atoms with van der Waals surface area (Å²) in [6, 6.07) is 3.86. The van der Waals surface area contributed by atoms with Crippen LogP contribution in [0.1, 0.15) is 9.67 Å². The van der Waals surface area contributed by atoms with Gasteiger partial charge in [-0.15, -0.1) is 11.3 Å². The Morgan fingerprint density at radius 3 is 2.53 bits per heavy atom. The standard InChI is InChI=1S/C11H5Cl2NO4S/c12-8-2-10(14(16)17)11(3-9(8)13)18-6-1-7(4-15)19-5-6/h1-5H. The van der Waals surface area contributed by atoms with Crippen LogP contribution in [0, 0.1) is 10.1 Å². The molecule has 8 heteroatoms. The molecule has 2 aromatic rings. The van der Waals surface area contributed by atoms with Crippen molar-refractivity contribution in [3.05, 3.63) is 48.6 Å². The molecule has 0 fully saturated rings. The maximum Gasteiger partial charge on any atom is 0.313 e. The van der Waals surface area contributed by atoms with Crippen molar-refractivity contribution in [2.24, 2.45) is 0 Å². The van der Waals surface area contributed by atoms with Gasteiger partial charge in [0.25, 0.3) is 0 Å². The van der Waals surface area contributed by atoms with Crippen LogP contribution in [0.15, 0.2) is 23.6 Å². The van der Waals surface area contributed by atoms with Crippen molar-refractivity contribution in [1.82, 2.24) is 0 Å². The molecule has 5 nitrogen and oxygen atoms in total. The van der Waals surface area contributed by atoms with Gasteiger partial charge in [-0.3, -0.25) is 14.9 Å². The fourth-order valence-corrected chi connectivity index (χ4v) is 2.24. The van der Waals surface area contributed by atoms with Crippen LogP contribution >= 0.6 is 34.5 Å². The van der Waals surface area contributed by atoms with E-state index in [1.54, 1.807) is 5.38 Å². The minimum Gasteiger partial charge on any atom is -0.449 e. The molecule has 0 unspecified atom stereocenters. The smallest absolute Gasteiger partial charge is 0.313 e. The molecule has 0 radical (unpaired) electrons. The monoisotopic (exact) mass is 317 g/mol. The molecule has 0 aliphatic rings. The van der Waals surface area contributed by atoms with Gasteiger partial charge < -0.3 is 4.74 Å². The molecule has 2 rings (SSSR count). The van der Waals surface area contributed by atoms with E-state index < -0.39 is 4.92 Å². The Bertz CT molecular complexity index is 656. The number of aldehydes is 1. The van der Waals surface area contributed by atoms with E-state index in [4.69, 9.17) is 27.9 Å². The van der Waals surface area contributed by atoms with E-state index in [1.807, 2.05) is 0 Å². The van der Waals surface area contributed by atoms with Crippen molar-refractivity contribution >= 4 is 46.5 Å². The highest BCUT2D eigenvalue weighted by Crippen LogP contribution is 2.38. The van der Waals surface area contributed by atoms with Gasteiger partial charge in [0.05, 0.1) is 19.8 Å². The van der Waals surface area contributed by atoms with Gasteiger partial charge in [0.2, 0.25) is 5.75 Å². The van der Waals surface area contributed by atoms with Gasteiger partial charge in [-0.2, -0.15) is 0 Å². The van der Waals surface area contributed by atoms with Crippen LogP contribution in [0.2, 0.25) is 10.0 Å². The zero-order valence-corrected chi connectivity index (χ0v) is 11.5. The van der Waals surface area contributed by atoms with Gasteiger partial charge in [-0.1, -0.05) is 23.2 Å². The average molecular weight is 318 g/mol. The van der Waals surface area contributed by atoms with Crippen molar-refractivity contribution in [3.63, 3.8) is 0 Å². The number of nitro groups is 1. The van der Waals surface area contributed by atoms with Gasteiger partial charge in [-0.05, 0) is 0 Å². The number of hydrogen-bond acceptors (Lipinski definition) is 5. The Hall–Kier alpha value is -1.63. The van der Waals surface area contributed by atoms with Gasteiger partial charge in [0, 0.05) is 23.6 Å². The molecule has 98 valence electrons. The number of carbonyl (C=O) groups excluding carboxylic acids is 1. The van der Waals surface area contributed by atoms with Gasteiger partial charge in [-0.25, -0.2) is 0 Å². The topological polar surface area (TPSA) is 69.4 Å². The van der Waals surface area contributed by atoms with Crippen LogP contribution in [0.4, 0.5) is 5.69 Å². The molecule has 0 bridgehead atoms. The number of rotatable bonds is 4. The maximum absolute atomic E-state index is 10.9. The summed E-state index contributed by atoms with van der Waals surface area (Å²) >= 11 is 12.7. The lowest BCUT2D eigenvalue weighted by Gasteiger charge is -2.05. The third-order valence-corrected chi connectivity index (χ3v) is 3.70. The quantitative estimate of drug-likeness (QED) is 0.470. The number of nitrogens with zero attached hydrogens (tertiary/aromatic N) is 1. The third-order valence-electron chi connectivity index (χ3n) is 2.14. The first-order valence-electron chi connectivity index (χ1n) is 4.86. The lowest BCUT2D eigenvalue weighted by Crippen LogP contribution is -1.93. The van der Waals surface area contributed by atoms with Crippen molar-refractivity contribution < 1.29 is 14.5 Å². The second kappa shape index (κ2) is 5.56. The predicted molar refractivity (Wildman–Crippen MR) is 72.9 cm³/mol. The normalized spacial score (nSPS) is 10.2. The van der Waals surface area contributed by atoms with E-state index in [2.05, 4.69) is 0 Å². The number of ether oxygens (including phenoxy) is 1. The Kier molecular flexibility index (Phi) is 4.04. The summed E-state index contributed by atoms with van der Waals surface area (Å²) < 4.78 is 5.36.